The van der Waals surface area contributed by atoms with Crippen LogP contribution in [0.1, 0.15) is 22.8 Å². The van der Waals surface area contributed by atoms with E-state index in [1.165, 1.54) is 13.0 Å². The molecule has 1 aliphatic rings. The van der Waals surface area contributed by atoms with E-state index in [4.69, 9.17) is 25.8 Å². The smallest absolute Gasteiger partial charge is 0.346 e. The van der Waals surface area contributed by atoms with Gasteiger partial charge in [0.2, 0.25) is 0 Å². The number of nitrogens with zero attached hydrogens (tertiary/aromatic N) is 1. The van der Waals surface area contributed by atoms with Crippen molar-refractivity contribution >= 4 is 34.9 Å². The van der Waals surface area contributed by atoms with Gasteiger partial charge in [-0.2, -0.15) is 0 Å². The second-order valence-corrected chi connectivity index (χ2v) is 6.70. The number of aryl methyl sites for hydroxylation is 1. The molecule has 9 nitrogen and oxygen atoms in total. The Labute approximate surface area is 170 Å². The van der Waals surface area contributed by atoms with Crippen LogP contribution in [-0.2, 0) is 9.53 Å². The van der Waals surface area contributed by atoms with Crippen LogP contribution in [0.25, 0.3) is 0 Å². The third kappa shape index (κ3) is 4.57. The molecule has 1 amide bonds. The average molecular weight is 421 g/mol. The fourth-order valence-corrected chi connectivity index (χ4v) is 2.81. The molecule has 2 aromatic carbocycles. The lowest BCUT2D eigenvalue weighted by Gasteiger charge is -2.19. The van der Waals surface area contributed by atoms with Gasteiger partial charge in [0.1, 0.15) is 18.8 Å². The van der Waals surface area contributed by atoms with E-state index in [2.05, 4.69) is 5.32 Å². The zero-order chi connectivity index (χ0) is 21.1. The van der Waals surface area contributed by atoms with E-state index in [0.717, 1.165) is 11.6 Å². The number of nitro benzene ring substituents is 1. The van der Waals surface area contributed by atoms with Crippen LogP contribution in [0.2, 0.25) is 5.02 Å². The molecule has 0 spiro atoms. The number of hydrogen-bond donors (Lipinski definition) is 1. The Hall–Kier alpha value is -3.33. The minimum atomic E-state index is -1.21. The number of esters is 1. The van der Waals surface area contributed by atoms with Crippen LogP contribution in [0.15, 0.2) is 30.3 Å². The topological polar surface area (TPSA) is 117 Å². The highest BCUT2D eigenvalue weighted by molar-refractivity contribution is 6.31. The standard InChI is InChI=1S/C19H17ClN2O7/c1-10-3-4-12(20)7-14(10)21-18(23)11(2)29-19(24)13-8-16-17(28-6-5-27-16)9-15(13)22(25)26/h3-4,7-9,11H,5-6H2,1-2H3,(H,21,23). The molecule has 0 aliphatic carbocycles. The van der Waals surface area contributed by atoms with Gasteiger partial charge in [0.15, 0.2) is 17.6 Å². The predicted molar refractivity (Wildman–Crippen MR) is 104 cm³/mol. The highest BCUT2D eigenvalue weighted by atomic mass is 35.5. The van der Waals surface area contributed by atoms with E-state index in [9.17, 15) is 19.7 Å². The van der Waals surface area contributed by atoms with E-state index >= 15 is 0 Å². The van der Waals surface area contributed by atoms with Gasteiger partial charge in [0.05, 0.1) is 11.0 Å². The molecular formula is C19H17ClN2O7. The summed E-state index contributed by atoms with van der Waals surface area (Å²) in [5, 5.41) is 14.4. The van der Waals surface area contributed by atoms with Gasteiger partial charge in [0.25, 0.3) is 11.6 Å². The molecule has 0 saturated heterocycles. The zero-order valence-electron chi connectivity index (χ0n) is 15.6. The number of ether oxygens (including phenoxy) is 3. The second-order valence-electron chi connectivity index (χ2n) is 6.27. The largest absolute Gasteiger partial charge is 0.486 e. The minimum Gasteiger partial charge on any atom is -0.486 e. The normalized spacial score (nSPS) is 13.3. The Morgan fingerprint density at radius 3 is 2.52 bits per heavy atom. The summed E-state index contributed by atoms with van der Waals surface area (Å²) in [6.45, 7) is 3.63. The summed E-state index contributed by atoms with van der Waals surface area (Å²) in [7, 11) is 0. The number of hydrogen-bond acceptors (Lipinski definition) is 7. The number of rotatable bonds is 5. The number of nitrogens with one attached hydrogen (secondary N) is 1. The molecule has 29 heavy (non-hydrogen) atoms. The van der Waals surface area contributed by atoms with Crippen molar-refractivity contribution in [1.82, 2.24) is 0 Å². The zero-order valence-corrected chi connectivity index (χ0v) is 16.3. The van der Waals surface area contributed by atoms with E-state index in [0.29, 0.717) is 10.7 Å². The number of carbonyl (C=O) groups is 2. The molecule has 3 rings (SSSR count). The molecule has 0 radical (unpaired) electrons. The second kappa shape index (κ2) is 8.36. The Balaban J connectivity index is 1.77. The maximum atomic E-state index is 12.5. The minimum absolute atomic E-state index is 0.168. The van der Waals surface area contributed by atoms with Gasteiger partial charge in [-0.05, 0) is 31.5 Å². The summed E-state index contributed by atoms with van der Waals surface area (Å²) in [6, 6.07) is 7.25. The fourth-order valence-electron chi connectivity index (χ4n) is 2.63. The summed E-state index contributed by atoms with van der Waals surface area (Å²) in [4.78, 5) is 35.5. The monoisotopic (exact) mass is 420 g/mol. The summed E-state index contributed by atoms with van der Waals surface area (Å²) < 4.78 is 15.8. The Morgan fingerprint density at radius 2 is 1.86 bits per heavy atom. The molecule has 1 atom stereocenters. The maximum absolute atomic E-state index is 12.5. The van der Waals surface area contributed by atoms with Gasteiger partial charge in [-0.15, -0.1) is 0 Å². The SMILES string of the molecule is Cc1ccc(Cl)cc1NC(=O)C(C)OC(=O)c1cc2c(cc1[N+](=O)[O-])OCCO2. The van der Waals surface area contributed by atoms with Crippen LogP contribution in [0, 0.1) is 17.0 Å². The Morgan fingerprint density at radius 1 is 1.21 bits per heavy atom. The van der Waals surface area contributed by atoms with E-state index in [1.54, 1.807) is 25.1 Å². The van der Waals surface area contributed by atoms with Crippen molar-refractivity contribution in [2.24, 2.45) is 0 Å². The van der Waals surface area contributed by atoms with Crippen molar-refractivity contribution in [2.45, 2.75) is 20.0 Å². The summed E-state index contributed by atoms with van der Waals surface area (Å²) in [5.74, 6) is -1.27. The van der Waals surface area contributed by atoms with Gasteiger partial charge in [0, 0.05) is 16.8 Å². The number of nitro groups is 1. The molecular weight excluding hydrogens is 404 g/mol. The third-order valence-corrected chi connectivity index (χ3v) is 4.42. The van der Waals surface area contributed by atoms with Crippen LogP contribution in [0.3, 0.4) is 0 Å². The van der Waals surface area contributed by atoms with Gasteiger partial charge in [-0.25, -0.2) is 4.79 Å². The maximum Gasteiger partial charge on any atom is 0.346 e. The van der Waals surface area contributed by atoms with Crippen molar-refractivity contribution in [1.29, 1.82) is 0 Å². The van der Waals surface area contributed by atoms with Crippen LogP contribution < -0.4 is 14.8 Å². The van der Waals surface area contributed by atoms with Crippen molar-refractivity contribution < 1.29 is 28.7 Å². The van der Waals surface area contributed by atoms with E-state index in [1.807, 2.05) is 0 Å². The molecule has 10 heteroatoms. The first-order valence-electron chi connectivity index (χ1n) is 8.62. The first-order chi connectivity index (χ1) is 13.8. The summed E-state index contributed by atoms with van der Waals surface area (Å²) in [6.07, 6.45) is -1.21. The van der Waals surface area contributed by atoms with Crippen LogP contribution >= 0.6 is 11.6 Å². The molecule has 0 saturated carbocycles. The van der Waals surface area contributed by atoms with Gasteiger partial charge >= 0.3 is 5.97 Å². The van der Waals surface area contributed by atoms with E-state index in [-0.39, 0.29) is 30.3 Å². The molecule has 0 fully saturated rings. The number of anilines is 1. The number of amides is 1. The molecule has 152 valence electrons. The molecule has 1 unspecified atom stereocenters. The van der Waals surface area contributed by atoms with Gasteiger partial charge < -0.3 is 19.5 Å². The van der Waals surface area contributed by atoms with Crippen molar-refractivity contribution in [2.75, 3.05) is 18.5 Å². The third-order valence-electron chi connectivity index (χ3n) is 4.19. The summed E-state index contributed by atoms with van der Waals surface area (Å²) >= 11 is 5.93. The summed E-state index contributed by atoms with van der Waals surface area (Å²) in [5.41, 5.74) is 0.398. The number of carbonyl (C=O) groups excluding carboxylic acids is 2. The lowest BCUT2D eigenvalue weighted by Crippen LogP contribution is -2.30. The average Bonchev–Trinajstić information content (AvgIpc) is 2.69. The quantitative estimate of drug-likeness (QED) is 0.446. The number of fused-ring (bicyclic) bond motifs is 1. The fraction of sp³-hybridized carbons (Fsp3) is 0.263. The van der Waals surface area contributed by atoms with E-state index < -0.39 is 28.6 Å². The predicted octanol–water partition coefficient (Wildman–Crippen LogP) is 3.51. The first-order valence-corrected chi connectivity index (χ1v) is 9.00. The van der Waals surface area contributed by atoms with Crippen molar-refractivity contribution in [3.05, 3.63) is 56.6 Å². The van der Waals surface area contributed by atoms with Crippen molar-refractivity contribution in [3.63, 3.8) is 0 Å². The van der Waals surface area contributed by atoms with Crippen LogP contribution in [0.5, 0.6) is 11.5 Å². The van der Waals surface area contributed by atoms with Crippen molar-refractivity contribution in [3.8, 4) is 11.5 Å². The highest BCUT2D eigenvalue weighted by Gasteiger charge is 2.29. The Bertz CT molecular complexity index is 993. The first kappa shape index (κ1) is 20.4. The van der Waals surface area contributed by atoms with Gasteiger partial charge in [-0.1, -0.05) is 17.7 Å². The molecule has 1 N–H and O–H groups in total. The lowest BCUT2D eigenvalue weighted by molar-refractivity contribution is -0.385. The molecule has 0 aromatic heterocycles. The Kier molecular flexibility index (Phi) is 5.88. The molecule has 1 aliphatic heterocycles. The molecule has 2 aromatic rings. The number of halogens is 1. The van der Waals surface area contributed by atoms with Crippen LogP contribution in [0.4, 0.5) is 11.4 Å². The van der Waals surface area contributed by atoms with Gasteiger partial charge in [-0.3, -0.25) is 14.9 Å². The lowest BCUT2D eigenvalue weighted by atomic mass is 10.1. The molecule has 1 heterocycles. The molecule has 0 bridgehead atoms. The number of benzene rings is 2. The van der Waals surface area contributed by atoms with Crippen LogP contribution in [-0.4, -0.2) is 36.1 Å². The highest BCUT2D eigenvalue weighted by Crippen LogP contribution is 2.37.